The molecule has 0 bridgehead atoms. The quantitative estimate of drug-likeness (QED) is 0.845. The van der Waals surface area contributed by atoms with Gasteiger partial charge in [-0.05, 0) is 30.2 Å². The first kappa shape index (κ1) is 16.5. The molecule has 5 nitrogen and oxygen atoms in total. The SMILES string of the molecule is CCc1ccc(P(=O)(O)CP2(=O)OCc3ccccc3O2)cc1. The van der Waals surface area contributed by atoms with E-state index < -0.39 is 20.9 Å². The topological polar surface area (TPSA) is 72.8 Å². The third-order valence-corrected chi connectivity index (χ3v) is 8.76. The summed E-state index contributed by atoms with van der Waals surface area (Å²) in [6.45, 7) is 2.12. The molecule has 2 aromatic carbocycles. The Morgan fingerprint density at radius 2 is 1.87 bits per heavy atom. The largest absolute Gasteiger partial charge is 0.424 e. The van der Waals surface area contributed by atoms with E-state index in [1.807, 2.05) is 13.0 Å². The molecule has 7 heteroatoms. The molecule has 3 rings (SSSR count). The smallest absolute Gasteiger partial charge is 0.389 e. The van der Waals surface area contributed by atoms with Crippen molar-refractivity contribution in [3.05, 3.63) is 59.7 Å². The van der Waals surface area contributed by atoms with Gasteiger partial charge in [-0.2, -0.15) is 0 Å². The first-order valence-corrected chi connectivity index (χ1v) is 10.9. The van der Waals surface area contributed by atoms with Gasteiger partial charge in [-0.3, -0.25) is 9.09 Å². The van der Waals surface area contributed by atoms with Crippen LogP contribution in [-0.4, -0.2) is 10.8 Å². The third-order valence-electron chi connectivity index (χ3n) is 3.74. The fraction of sp³-hybridized carbons (Fsp3) is 0.250. The van der Waals surface area contributed by atoms with E-state index >= 15 is 0 Å². The van der Waals surface area contributed by atoms with Crippen LogP contribution in [0, 0.1) is 0 Å². The number of hydrogen-bond donors (Lipinski definition) is 1. The van der Waals surface area contributed by atoms with Crippen LogP contribution in [0.25, 0.3) is 0 Å². The zero-order chi connectivity index (χ0) is 16.5. The van der Waals surface area contributed by atoms with Gasteiger partial charge in [0.15, 0.2) is 0 Å². The van der Waals surface area contributed by atoms with Gasteiger partial charge in [0.25, 0.3) is 0 Å². The molecule has 0 saturated heterocycles. The Kier molecular flexibility index (Phi) is 4.48. The molecule has 1 N–H and O–H groups in total. The number of benzene rings is 2. The van der Waals surface area contributed by atoms with Crippen molar-refractivity contribution in [2.45, 2.75) is 20.0 Å². The molecule has 1 aliphatic rings. The Labute approximate surface area is 135 Å². The van der Waals surface area contributed by atoms with Gasteiger partial charge in [0.05, 0.1) is 6.61 Å². The minimum Gasteiger partial charge on any atom is -0.424 e. The van der Waals surface area contributed by atoms with Crippen molar-refractivity contribution in [2.24, 2.45) is 0 Å². The lowest BCUT2D eigenvalue weighted by atomic mass is 10.2. The van der Waals surface area contributed by atoms with Crippen molar-refractivity contribution >= 4 is 20.3 Å². The zero-order valence-electron chi connectivity index (χ0n) is 12.7. The highest BCUT2D eigenvalue weighted by Gasteiger charge is 2.40. The Hall–Kier alpha value is -1.38. The normalized spacial score (nSPS) is 22.7. The predicted molar refractivity (Wildman–Crippen MR) is 89.6 cm³/mol. The number of hydrogen-bond acceptors (Lipinski definition) is 4. The van der Waals surface area contributed by atoms with Crippen LogP contribution in [-0.2, 0) is 26.7 Å². The average Bonchev–Trinajstić information content (AvgIpc) is 2.54. The van der Waals surface area contributed by atoms with Gasteiger partial charge in [-0.25, -0.2) is 4.57 Å². The van der Waals surface area contributed by atoms with E-state index in [-0.39, 0.29) is 11.9 Å². The first-order chi connectivity index (χ1) is 10.9. The van der Waals surface area contributed by atoms with Crippen LogP contribution in [0.5, 0.6) is 5.75 Å². The van der Waals surface area contributed by atoms with Crippen LogP contribution in [0.3, 0.4) is 0 Å². The van der Waals surface area contributed by atoms with E-state index in [1.54, 1.807) is 42.5 Å². The fourth-order valence-electron chi connectivity index (χ4n) is 2.41. The van der Waals surface area contributed by atoms with Crippen molar-refractivity contribution in [2.75, 3.05) is 5.90 Å². The van der Waals surface area contributed by atoms with Crippen molar-refractivity contribution in [3.63, 3.8) is 0 Å². The fourth-order valence-corrected chi connectivity index (χ4v) is 6.98. The summed E-state index contributed by atoms with van der Waals surface area (Å²) in [6, 6.07) is 13.9. The monoisotopic (exact) mass is 352 g/mol. The maximum Gasteiger partial charge on any atom is 0.389 e. The highest BCUT2D eigenvalue weighted by atomic mass is 31.2. The number of aryl methyl sites for hydroxylation is 1. The minimum absolute atomic E-state index is 0.113. The van der Waals surface area contributed by atoms with E-state index in [0.717, 1.165) is 17.5 Å². The van der Waals surface area contributed by atoms with Crippen molar-refractivity contribution in [1.82, 2.24) is 0 Å². The molecule has 2 atom stereocenters. The summed E-state index contributed by atoms with van der Waals surface area (Å²) in [4.78, 5) is 10.3. The van der Waals surface area contributed by atoms with Gasteiger partial charge < -0.3 is 9.42 Å². The molecule has 1 heterocycles. The molecule has 0 saturated carbocycles. The summed E-state index contributed by atoms with van der Waals surface area (Å²) >= 11 is 0. The molecule has 0 spiro atoms. The Morgan fingerprint density at radius 1 is 1.17 bits per heavy atom. The highest BCUT2D eigenvalue weighted by Crippen LogP contribution is 2.62. The maximum atomic E-state index is 12.7. The molecule has 0 amide bonds. The van der Waals surface area contributed by atoms with Gasteiger partial charge in [0.1, 0.15) is 11.7 Å². The summed E-state index contributed by atoms with van der Waals surface area (Å²) < 4.78 is 36.1. The van der Waals surface area contributed by atoms with E-state index in [2.05, 4.69) is 0 Å². The molecule has 0 radical (unpaired) electrons. The molecule has 2 unspecified atom stereocenters. The predicted octanol–water partition coefficient (Wildman–Crippen LogP) is 3.90. The van der Waals surface area contributed by atoms with Crippen LogP contribution in [0.4, 0.5) is 0 Å². The van der Waals surface area contributed by atoms with Crippen molar-refractivity contribution in [1.29, 1.82) is 0 Å². The molecule has 23 heavy (non-hydrogen) atoms. The second kappa shape index (κ2) is 6.26. The van der Waals surface area contributed by atoms with Crippen LogP contribution < -0.4 is 9.83 Å². The minimum atomic E-state index is -3.83. The molecule has 122 valence electrons. The Balaban J connectivity index is 1.82. The lowest BCUT2D eigenvalue weighted by molar-refractivity contribution is 0.235. The van der Waals surface area contributed by atoms with E-state index in [1.165, 1.54) is 0 Å². The first-order valence-electron chi connectivity index (χ1n) is 7.34. The van der Waals surface area contributed by atoms with Gasteiger partial charge in [-0.15, -0.1) is 0 Å². The standard InChI is InChI=1S/C16H18O5P2/c1-2-13-7-9-15(10-8-13)22(17,18)12-23(19)20-11-14-5-3-4-6-16(14)21-23/h3-10H,2,11-12H2,1H3,(H,17,18). The average molecular weight is 352 g/mol. The van der Waals surface area contributed by atoms with E-state index in [9.17, 15) is 14.0 Å². The second-order valence-electron chi connectivity index (χ2n) is 5.45. The molecular formula is C16H18O5P2. The van der Waals surface area contributed by atoms with Crippen LogP contribution in [0.15, 0.2) is 48.5 Å². The van der Waals surface area contributed by atoms with Gasteiger partial charge in [0, 0.05) is 10.9 Å². The molecule has 0 aliphatic carbocycles. The zero-order valence-corrected chi connectivity index (χ0v) is 14.5. The molecule has 0 aromatic heterocycles. The molecule has 1 aliphatic heterocycles. The Bertz CT molecular complexity index is 800. The number of fused-ring (bicyclic) bond motifs is 1. The van der Waals surface area contributed by atoms with Gasteiger partial charge in [-0.1, -0.05) is 37.3 Å². The molecule has 0 fully saturated rings. The lowest BCUT2D eigenvalue weighted by Gasteiger charge is -2.27. The summed E-state index contributed by atoms with van der Waals surface area (Å²) in [5.74, 6) is -0.0804. The van der Waals surface area contributed by atoms with Gasteiger partial charge >= 0.3 is 7.60 Å². The highest BCUT2D eigenvalue weighted by molar-refractivity contribution is 7.78. The summed E-state index contributed by atoms with van der Waals surface area (Å²) in [5, 5.41) is 0.260. The van der Waals surface area contributed by atoms with Crippen molar-refractivity contribution < 1.29 is 23.1 Å². The Morgan fingerprint density at radius 3 is 2.57 bits per heavy atom. The summed E-state index contributed by atoms with van der Waals surface area (Å²) in [6.07, 6.45) is 0.845. The van der Waals surface area contributed by atoms with Crippen molar-refractivity contribution in [3.8, 4) is 5.75 Å². The van der Waals surface area contributed by atoms with E-state index in [4.69, 9.17) is 9.05 Å². The second-order valence-corrected chi connectivity index (χ2v) is 10.2. The van der Waals surface area contributed by atoms with Crippen LogP contribution >= 0.6 is 15.0 Å². The van der Waals surface area contributed by atoms with Crippen LogP contribution in [0.1, 0.15) is 18.1 Å². The summed E-state index contributed by atoms with van der Waals surface area (Å²) in [7, 11) is -7.50. The molecule has 2 aromatic rings. The molecular weight excluding hydrogens is 334 g/mol. The summed E-state index contributed by atoms with van der Waals surface area (Å²) in [5.41, 5.74) is 1.85. The number of para-hydroxylation sites is 1. The maximum absolute atomic E-state index is 12.7. The van der Waals surface area contributed by atoms with Gasteiger partial charge in [0.2, 0.25) is 7.37 Å². The lowest BCUT2D eigenvalue weighted by Crippen LogP contribution is -2.14. The van der Waals surface area contributed by atoms with Crippen LogP contribution in [0.2, 0.25) is 0 Å². The third kappa shape index (κ3) is 3.59. The van der Waals surface area contributed by atoms with E-state index in [0.29, 0.717) is 5.75 Å². The number of rotatable bonds is 4.